The molecule has 4 rings (SSSR count). The van der Waals surface area contributed by atoms with E-state index in [1.807, 2.05) is 0 Å². The number of hydrogen-bond donors (Lipinski definition) is 2. The lowest BCUT2D eigenvalue weighted by atomic mass is 9.99. The Morgan fingerprint density at radius 1 is 1.11 bits per heavy atom. The molecule has 2 aromatic heterocycles. The molecule has 2 heterocycles. The van der Waals surface area contributed by atoms with Gasteiger partial charge in [0.15, 0.2) is 11.6 Å². The maximum absolute atomic E-state index is 15.2. The third kappa shape index (κ3) is 6.10. The van der Waals surface area contributed by atoms with E-state index in [-0.39, 0.29) is 53.6 Å². The summed E-state index contributed by atoms with van der Waals surface area (Å²) < 4.78 is 73.5. The Balaban J connectivity index is 1.61. The zero-order valence-electron chi connectivity index (χ0n) is 19.9. The Labute approximate surface area is 211 Å². The molecule has 0 spiro atoms. The van der Waals surface area contributed by atoms with Crippen LogP contribution in [-0.2, 0) is 21.4 Å². The lowest BCUT2D eigenvalue weighted by molar-refractivity contribution is 0.204. The Bertz CT molecular complexity index is 1610. The second-order valence-corrected chi connectivity index (χ2v) is 9.49. The molecule has 0 radical (unpaired) electrons. The largest absolute Gasteiger partial charge is 0.436 e. The number of benzene rings is 2. The third-order valence-electron chi connectivity index (χ3n) is 5.49. The number of pyridine rings is 1. The van der Waals surface area contributed by atoms with Crippen molar-refractivity contribution in [2.75, 3.05) is 25.0 Å². The molecule has 0 amide bonds. The highest BCUT2D eigenvalue weighted by Crippen LogP contribution is 2.29. The zero-order chi connectivity index (χ0) is 26.6. The molecule has 2 N–H and O–H groups in total. The van der Waals surface area contributed by atoms with Crippen molar-refractivity contribution in [1.82, 2.24) is 9.71 Å². The molecule has 0 aliphatic heterocycles. The maximum Gasteiger partial charge on any atom is 0.340 e. The first-order valence-corrected chi connectivity index (χ1v) is 12.6. The quantitative estimate of drug-likeness (QED) is 0.234. The number of fused-ring (bicyclic) bond motifs is 1. The number of nitrogens with zero attached hydrogens (tertiary/aromatic N) is 1. The highest BCUT2D eigenvalue weighted by Gasteiger charge is 2.19. The monoisotopic (exact) mass is 531 g/mol. The first-order valence-electron chi connectivity index (χ1n) is 11.1. The van der Waals surface area contributed by atoms with E-state index in [1.54, 1.807) is 19.1 Å². The van der Waals surface area contributed by atoms with Crippen LogP contribution in [-0.4, -0.2) is 33.7 Å². The van der Waals surface area contributed by atoms with Gasteiger partial charge < -0.3 is 13.9 Å². The first-order chi connectivity index (χ1) is 17.7. The van der Waals surface area contributed by atoms with Crippen LogP contribution in [0, 0.1) is 18.6 Å². The van der Waals surface area contributed by atoms with Gasteiger partial charge in [0, 0.05) is 43.3 Å². The molecule has 0 aliphatic carbocycles. The predicted octanol–water partition coefficient (Wildman–Crippen LogP) is 4.05. The molecule has 0 bridgehead atoms. The van der Waals surface area contributed by atoms with E-state index in [2.05, 4.69) is 14.4 Å². The molecule has 0 unspecified atom stereocenters. The van der Waals surface area contributed by atoms with Gasteiger partial charge >= 0.3 is 5.63 Å². The number of aromatic nitrogens is 1. The smallest absolute Gasteiger partial charge is 0.340 e. The summed E-state index contributed by atoms with van der Waals surface area (Å²) in [6.45, 7) is 1.85. The summed E-state index contributed by atoms with van der Waals surface area (Å²) >= 11 is 0. The first kappa shape index (κ1) is 26.2. The van der Waals surface area contributed by atoms with Gasteiger partial charge in [0.25, 0.3) is 16.1 Å². The van der Waals surface area contributed by atoms with Gasteiger partial charge in [-0.15, -0.1) is 0 Å². The molecular weight excluding hydrogens is 508 g/mol. The fourth-order valence-electron chi connectivity index (χ4n) is 3.64. The Kier molecular flexibility index (Phi) is 7.81. The summed E-state index contributed by atoms with van der Waals surface area (Å²) in [5.74, 6) is -1.48. The van der Waals surface area contributed by atoms with E-state index in [0.29, 0.717) is 10.9 Å². The number of methoxy groups -OCH3 is 1. The Morgan fingerprint density at radius 2 is 1.92 bits per heavy atom. The number of ether oxygens (including phenoxy) is 2. The fourth-order valence-corrected chi connectivity index (χ4v) is 4.52. The van der Waals surface area contributed by atoms with E-state index in [0.717, 1.165) is 0 Å². The van der Waals surface area contributed by atoms with Crippen LogP contribution in [0.1, 0.15) is 16.7 Å². The van der Waals surface area contributed by atoms with Crippen LogP contribution in [0.4, 0.5) is 14.5 Å². The second kappa shape index (κ2) is 11.0. The zero-order valence-corrected chi connectivity index (χ0v) is 20.7. The molecule has 194 valence electrons. The van der Waals surface area contributed by atoms with Crippen molar-refractivity contribution in [3.63, 3.8) is 0 Å². The van der Waals surface area contributed by atoms with Gasteiger partial charge in [-0.3, -0.25) is 4.72 Å². The average molecular weight is 532 g/mol. The Hall–Kier alpha value is -3.87. The summed E-state index contributed by atoms with van der Waals surface area (Å²) in [4.78, 5) is 16.6. The molecule has 0 saturated carbocycles. The van der Waals surface area contributed by atoms with E-state index < -0.39 is 27.5 Å². The van der Waals surface area contributed by atoms with Gasteiger partial charge in [0.2, 0.25) is 0 Å². The van der Waals surface area contributed by atoms with Crippen molar-refractivity contribution < 1.29 is 31.1 Å². The standard InChI is InChI=1S/C25H23F2N3O6S/c1-15-18-9-8-17(35-24-20(26)6-4-10-28-24)14-22(18)36-25(31)19(15)13-16-5-3-7-21(23(16)27)30-37(32,33)29-11-12-34-2/h3-10,14,29-30H,11-13H2,1-2H3. The van der Waals surface area contributed by atoms with Crippen molar-refractivity contribution >= 4 is 26.9 Å². The van der Waals surface area contributed by atoms with Crippen LogP contribution in [0.2, 0.25) is 0 Å². The van der Waals surface area contributed by atoms with Crippen molar-refractivity contribution in [2.24, 2.45) is 0 Å². The van der Waals surface area contributed by atoms with Crippen LogP contribution in [0.3, 0.4) is 0 Å². The molecule has 0 saturated heterocycles. The summed E-state index contributed by atoms with van der Waals surface area (Å²) in [7, 11) is -2.61. The average Bonchev–Trinajstić information content (AvgIpc) is 2.85. The second-order valence-electron chi connectivity index (χ2n) is 7.99. The van der Waals surface area contributed by atoms with E-state index in [9.17, 15) is 17.6 Å². The normalized spacial score (nSPS) is 11.6. The van der Waals surface area contributed by atoms with Gasteiger partial charge in [0.05, 0.1) is 12.3 Å². The molecule has 0 atom stereocenters. The summed E-state index contributed by atoms with van der Waals surface area (Å²) in [6.07, 6.45) is 1.24. The van der Waals surface area contributed by atoms with E-state index >= 15 is 4.39 Å². The van der Waals surface area contributed by atoms with Gasteiger partial charge in [-0.05, 0) is 48.4 Å². The molecule has 9 nitrogen and oxygen atoms in total. The molecule has 0 fully saturated rings. The summed E-state index contributed by atoms with van der Waals surface area (Å²) in [5.41, 5.74) is 0.0794. The number of hydrogen-bond acceptors (Lipinski definition) is 7. The van der Waals surface area contributed by atoms with Crippen molar-refractivity contribution in [3.8, 4) is 11.6 Å². The topological polar surface area (TPSA) is 120 Å². The SMILES string of the molecule is COCCNS(=O)(=O)Nc1cccc(Cc2c(C)c3ccc(Oc4ncccc4F)cc3oc2=O)c1F. The Morgan fingerprint density at radius 3 is 2.68 bits per heavy atom. The van der Waals surface area contributed by atoms with Crippen LogP contribution in [0.5, 0.6) is 11.6 Å². The van der Waals surface area contributed by atoms with Gasteiger partial charge in [0.1, 0.15) is 11.3 Å². The predicted molar refractivity (Wildman–Crippen MR) is 133 cm³/mol. The van der Waals surface area contributed by atoms with Crippen molar-refractivity contribution in [3.05, 3.63) is 93.5 Å². The number of aryl methyl sites for hydroxylation is 1. The molecule has 0 aliphatic rings. The van der Waals surface area contributed by atoms with Gasteiger partial charge in [-0.1, -0.05) is 12.1 Å². The lowest BCUT2D eigenvalue weighted by Crippen LogP contribution is -2.33. The maximum atomic E-state index is 15.2. The molecule has 2 aromatic carbocycles. The molecular formula is C25H23F2N3O6S. The number of rotatable bonds is 10. The highest BCUT2D eigenvalue weighted by molar-refractivity contribution is 7.90. The van der Waals surface area contributed by atoms with E-state index in [4.69, 9.17) is 13.9 Å². The molecule has 4 aromatic rings. The number of anilines is 1. The third-order valence-corrected chi connectivity index (χ3v) is 6.56. The van der Waals surface area contributed by atoms with Crippen molar-refractivity contribution in [1.29, 1.82) is 0 Å². The van der Waals surface area contributed by atoms with Crippen LogP contribution >= 0.6 is 0 Å². The minimum Gasteiger partial charge on any atom is -0.436 e. The summed E-state index contributed by atoms with van der Waals surface area (Å²) in [6, 6.07) is 11.5. The van der Waals surface area contributed by atoms with E-state index in [1.165, 1.54) is 49.7 Å². The number of nitrogens with one attached hydrogen (secondary N) is 2. The molecule has 37 heavy (non-hydrogen) atoms. The van der Waals surface area contributed by atoms with Crippen LogP contribution in [0.25, 0.3) is 11.0 Å². The molecule has 12 heteroatoms. The van der Waals surface area contributed by atoms with Crippen LogP contribution in [0.15, 0.2) is 63.9 Å². The summed E-state index contributed by atoms with van der Waals surface area (Å²) in [5, 5.41) is 0.572. The van der Waals surface area contributed by atoms with Crippen molar-refractivity contribution in [2.45, 2.75) is 13.3 Å². The minimum absolute atomic E-state index is 0.00797. The minimum atomic E-state index is -4.03. The highest BCUT2D eigenvalue weighted by atomic mass is 32.2. The lowest BCUT2D eigenvalue weighted by Gasteiger charge is -2.13. The van der Waals surface area contributed by atoms with Crippen LogP contribution < -0.4 is 19.8 Å². The number of halogens is 2. The van der Waals surface area contributed by atoms with Gasteiger partial charge in [-0.25, -0.2) is 18.6 Å². The van der Waals surface area contributed by atoms with Gasteiger partial charge in [-0.2, -0.15) is 13.1 Å². The fraction of sp³-hybridized carbons (Fsp3) is 0.200.